The summed E-state index contributed by atoms with van der Waals surface area (Å²) >= 11 is 5.90. The Morgan fingerprint density at radius 1 is 1.24 bits per heavy atom. The number of rotatable bonds is 6. The molecule has 96 valence electrons. The molecule has 0 aliphatic heterocycles. The van der Waals surface area contributed by atoms with Gasteiger partial charge in [-0.3, -0.25) is 4.90 Å². The molecule has 1 aromatic carbocycles. The molecule has 1 aromatic rings. The fourth-order valence-electron chi connectivity index (χ4n) is 1.87. The molecule has 2 N–H and O–H groups in total. The van der Waals surface area contributed by atoms with E-state index in [1.807, 2.05) is 12.1 Å². The van der Waals surface area contributed by atoms with E-state index in [9.17, 15) is 0 Å². The van der Waals surface area contributed by atoms with Crippen LogP contribution in [-0.2, 0) is 0 Å². The van der Waals surface area contributed by atoms with Crippen LogP contribution in [0.3, 0.4) is 0 Å². The van der Waals surface area contributed by atoms with Crippen LogP contribution < -0.4 is 5.73 Å². The maximum Gasteiger partial charge on any atom is 0.0467 e. The quantitative estimate of drug-likeness (QED) is 0.844. The van der Waals surface area contributed by atoms with Crippen LogP contribution in [-0.4, -0.2) is 25.0 Å². The summed E-state index contributed by atoms with van der Waals surface area (Å²) in [5, 5.41) is 0.773. The monoisotopic (exact) mass is 254 g/mol. The van der Waals surface area contributed by atoms with Gasteiger partial charge in [0.15, 0.2) is 0 Å². The summed E-state index contributed by atoms with van der Waals surface area (Å²) in [5.41, 5.74) is 7.11. The number of hydrogen-bond donors (Lipinski definition) is 1. The Labute approximate surface area is 110 Å². The Hall–Kier alpha value is -0.570. The molecule has 0 aromatic heterocycles. The Balaban J connectivity index is 2.66. The van der Waals surface area contributed by atoms with E-state index in [1.54, 1.807) is 0 Å². The van der Waals surface area contributed by atoms with Gasteiger partial charge in [-0.2, -0.15) is 0 Å². The SMILES string of the molecule is CC(C)CCN(C)C(CN)c1ccc(Cl)cc1. The van der Waals surface area contributed by atoms with Gasteiger partial charge < -0.3 is 5.73 Å². The Morgan fingerprint density at radius 3 is 2.29 bits per heavy atom. The van der Waals surface area contributed by atoms with Crippen molar-refractivity contribution >= 4 is 11.6 Å². The highest BCUT2D eigenvalue weighted by molar-refractivity contribution is 6.30. The summed E-state index contributed by atoms with van der Waals surface area (Å²) in [7, 11) is 2.13. The Morgan fingerprint density at radius 2 is 1.82 bits per heavy atom. The van der Waals surface area contributed by atoms with E-state index in [4.69, 9.17) is 17.3 Å². The van der Waals surface area contributed by atoms with Crippen LogP contribution in [0.2, 0.25) is 5.02 Å². The van der Waals surface area contributed by atoms with Crippen molar-refractivity contribution in [1.29, 1.82) is 0 Å². The van der Waals surface area contributed by atoms with Crippen molar-refractivity contribution in [3.05, 3.63) is 34.9 Å². The first-order valence-electron chi connectivity index (χ1n) is 6.20. The van der Waals surface area contributed by atoms with E-state index < -0.39 is 0 Å². The van der Waals surface area contributed by atoms with E-state index in [-0.39, 0.29) is 6.04 Å². The summed E-state index contributed by atoms with van der Waals surface area (Å²) in [5.74, 6) is 0.723. The van der Waals surface area contributed by atoms with Crippen molar-refractivity contribution in [3.8, 4) is 0 Å². The summed E-state index contributed by atoms with van der Waals surface area (Å²) in [6, 6.07) is 8.26. The van der Waals surface area contributed by atoms with Gasteiger partial charge in [0, 0.05) is 17.6 Å². The second-order valence-corrected chi connectivity index (χ2v) is 5.40. The first-order valence-corrected chi connectivity index (χ1v) is 6.58. The number of nitrogens with two attached hydrogens (primary N) is 1. The smallest absolute Gasteiger partial charge is 0.0467 e. The predicted molar refractivity (Wildman–Crippen MR) is 75.3 cm³/mol. The molecule has 17 heavy (non-hydrogen) atoms. The van der Waals surface area contributed by atoms with Crippen LogP contribution >= 0.6 is 11.6 Å². The van der Waals surface area contributed by atoms with Gasteiger partial charge in [-0.25, -0.2) is 0 Å². The number of hydrogen-bond acceptors (Lipinski definition) is 2. The lowest BCUT2D eigenvalue weighted by Gasteiger charge is -2.28. The van der Waals surface area contributed by atoms with Crippen molar-refractivity contribution in [2.45, 2.75) is 26.3 Å². The molecule has 0 radical (unpaired) electrons. The average molecular weight is 255 g/mol. The predicted octanol–water partition coefficient (Wildman–Crippen LogP) is 3.32. The molecule has 1 atom stereocenters. The molecule has 1 unspecified atom stereocenters. The minimum atomic E-state index is 0.283. The lowest BCUT2D eigenvalue weighted by atomic mass is 10.0. The second kappa shape index (κ2) is 7.00. The van der Waals surface area contributed by atoms with Gasteiger partial charge in [0.05, 0.1) is 0 Å². The molecule has 0 aliphatic rings. The molecule has 0 saturated carbocycles. The van der Waals surface area contributed by atoms with Gasteiger partial charge >= 0.3 is 0 Å². The van der Waals surface area contributed by atoms with Crippen LogP contribution in [0.4, 0.5) is 0 Å². The van der Waals surface area contributed by atoms with Crippen molar-refractivity contribution < 1.29 is 0 Å². The highest BCUT2D eigenvalue weighted by Gasteiger charge is 2.15. The maximum absolute atomic E-state index is 5.90. The number of benzene rings is 1. The van der Waals surface area contributed by atoms with Crippen LogP contribution in [0.15, 0.2) is 24.3 Å². The molecule has 0 spiro atoms. The highest BCUT2D eigenvalue weighted by Crippen LogP contribution is 2.21. The number of likely N-dealkylation sites (N-methyl/N-ethyl adjacent to an activating group) is 1. The average Bonchev–Trinajstić information content (AvgIpc) is 2.30. The van der Waals surface area contributed by atoms with Gasteiger partial charge in [-0.1, -0.05) is 37.6 Å². The van der Waals surface area contributed by atoms with E-state index in [0.29, 0.717) is 6.54 Å². The first kappa shape index (κ1) is 14.5. The molecule has 1 rings (SSSR count). The summed E-state index contributed by atoms with van der Waals surface area (Å²) in [6.07, 6.45) is 1.20. The molecular weight excluding hydrogens is 232 g/mol. The number of halogens is 1. The summed E-state index contributed by atoms with van der Waals surface area (Å²) < 4.78 is 0. The molecule has 0 heterocycles. The molecule has 0 fully saturated rings. The zero-order valence-electron chi connectivity index (χ0n) is 11.0. The van der Waals surface area contributed by atoms with Crippen LogP contribution in [0, 0.1) is 5.92 Å². The second-order valence-electron chi connectivity index (χ2n) is 4.97. The molecule has 0 amide bonds. The Kier molecular flexibility index (Phi) is 5.96. The molecule has 3 heteroatoms. The third-order valence-corrected chi connectivity index (χ3v) is 3.32. The molecule has 0 bridgehead atoms. The lowest BCUT2D eigenvalue weighted by molar-refractivity contribution is 0.236. The van der Waals surface area contributed by atoms with Crippen LogP contribution in [0.25, 0.3) is 0 Å². The third kappa shape index (κ3) is 4.66. The minimum Gasteiger partial charge on any atom is -0.329 e. The summed E-state index contributed by atoms with van der Waals surface area (Å²) in [4.78, 5) is 2.32. The van der Waals surface area contributed by atoms with Crippen molar-refractivity contribution in [1.82, 2.24) is 4.90 Å². The van der Waals surface area contributed by atoms with Gasteiger partial charge in [0.25, 0.3) is 0 Å². The fraction of sp³-hybridized carbons (Fsp3) is 0.571. The van der Waals surface area contributed by atoms with Crippen LogP contribution in [0.1, 0.15) is 31.9 Å². The summed E-state index contributed by atoms with van der Waals surface area (Å²) in [6.45, 7) is 6.19. The third-order valence-electron chi connectivity index (χ3n) is 3.07. The highest BCUT2D eigenvalue weighted by atomic mass is 35.5. The minimum absolute atomic E-state index is 0.283. The van der Waals surface area contributed by atoms with Crippen molar-refractivity contribution in [2.24, 2.45) is 11.7 Å². The van der Waals surface area contributed by atoms with Gasteiger partial charge in [-0.15, -0.1) is 0 Å². The van der Waals surface area contributed by atoms with E-state index in [1.165, 1.54) is 12.0 Å². The maximum atomic E-state index is 5.90. The van der Waals surface area contributed by atoms with Crippen LogP contribution in [0.5, 0.6) is 0 Å². The number of nitrogens with zero attached hydrogens (tertiary/aromatic N) is 1. The molecule has 2 nitrogen and oxygen atoms in total. The van der Waals surface area contributed by atoms with E-state index in [2.05, 4.69) is 37.9 Å². The largest absolute Gasteiger partial charge is 0.329 e. The lowest BCUT2D eigenvalue weighted by Crippen LogP contribution is -2.31. The fourth-order valence-corrected chi connectivity index (χ4v) is 2.00. The van der Waals surface area contributed by atoms with Gasteiger partial charge in [0.2, 0.25) is 0 Å². The zero-order valence-corrected chi connectivity index (χ0v) is 11.7. The van der Waals surface area contributed by atoms with E-state index >= 15 is 0 Å². The van der Waals surface area contributed by atoms with Gasteiger partial charge in [0.1, 0.15) is 0 Å². The van der Waals surface area contributed by atoms with Gasteiger partial charge in [-0.05, 0) is 43.6 Å². The topological polar surface area (TPSA) is 29.3 Å². The molecule has 0 saturated heterocycles. The Bertz CT molecular complexity index is 321. The standard InChI is InChI=1S/C14H23ClN2/c1-11(2)8-9-17(3)14(10-16)12-4-6-13(15)7-5-12/h4-7,11,14H,8-10,16H2,1-3H3. The molecular formula is C14H23ClN2. The van der Waals surface area contributed by atoms with Crippen molar-refractivity contribution in [2.75, 3.05) is 20.1 Å². The molecule has 0 aliphatic carbocycles. The van der Waals surface area contributed by atoms with E-state index in [0.717, 1.165) is 17.5 Å². The first-order chi connectivity index (χ1) is 8.04. The normalized spacial score (nSPS) is 13.4. The van der Waals surface area contributed by atoms with Crippen molar-refractivity contribution in [3.63, 3.8) is 0 Å². The zero-order chi connectivity index (χ0) is 12.8.